The lowest BCUT2D eigenvalue weighted by Gasteiger charge is -2.16. The number of pyridine rings is 2. The molecule has 0 radical (unpaired) electrons. The Balaban J connectivity index is 2.00. The molecular weight excluding hydrogens is 254 g/mol. The number of ether oxygens (including phenoxy) is 1. The van der Waals surface area contributed by atoms with E-state index in [1.807, 2.05) is 24.3 Å². The summed E-state index contributed by atoms with van der Waals surface area (Å²) < 4.78 is 5.37. The van der Waals surface area contributed by atoms with E-state index < -0.39 is 0 Å². The maximum Gasteiger partial charge on any atom is 0.228 e. The van der Waals surface area contributed by atoms with Crippen LogP contribution in [0.25, 0.3) is 11.1 Å². The zero-order valence-electron chi connectivity index (χ0n) is 11.2. The van der Waals surface area contributed by atoms with Crippen LogP contribution >= 0.6 is 0 Å². The third-order valence-corrected chi connectivity index (χ3v) is 3.38. The molecule has 1 aliphatic heterocycles. The summed E-state index contributed by atoms with van der Waals surface area (Å²) in [7, 11) is 1.59. The number of anilines is 1. The van der Waals surface area contributed by atoms with E-state index in [1.54, 1.807) is 24.4 Å². The minimum atomic E-state index is 0.121. The van der Waals surface area contributed by atoms with Crippen molar-refractivity contribution < 1.29 is 9.53 Å². The fraction of sp³-hybridized carbons (Fsp3) is 0.267. The molecule has 3 heterocycles. The predicted molar refractivity (Wildman–Crippen MR) is 75.6 cm³/mol. The molecule has 1 amide bonds. The lowest BCUT2D eigenvalue weighted by atomic mass is 10.1. The van der Waals surface area contributed by atoms with Crippen molar-refractivity contribution in [1.82, 2.24) is 9.97 Å². The number of carbonyl (C=O) groups is 1. The molecule has 2 aromatic rings. The molecule has 5 heteroatoms. The van der Waals surface area contributed by atoms with Crippen LogP contribution < -0.4 is 9.64 Å². The molecule has 102 valence electrons. The topological polar surface area (TPSA) is 55.3 Å². The highest BCUT2D eigenvalue weighted by molar-refractivity contribution is 5.94. The van der Waals surface area contributed by atoms with E-state index in [0.29, 0.717) is 18.1 Å². The summed E-state index contributed by atoms with van der Waals surface area (Å²) in [6.45, 7) is 0.726. The van der Waals surface area contributed by atoms with Gasteiger partial charge in [-0.15, -0.1) is 0 Å². The van der Waals surface area contributed by atoms with Crippen LogP contribution in [0.1, 0.15) is 12.8 Å². The molecule has 0 atom stereocenters. The minimum absolute atomic E-state index is 0.121. The summed E-state index contributed by atoms with van der Waals surface area (Å²) in [4.78, 5) is 21.9. The maximum atomic E-state index is 11.8. The van der Waals surface area contributed by atoms with Gasteiger partial charge in [-0.05, 0) is 36.2 Å². The van der Waals surface area contributed by atoms with Crippen LogP contribution in [0, 0.1) is 0 Å². The van der Waals surface area contributed by atoms with Crippen molar-refractivity contribution in [2.75, 3.05) is 18.6 Å². The molecule has 0 N–H and O–H groups in total. The first-order chi connectivity index (χ1) is 9.79. The van der Waals surface area contributed by atoms with Gasteiger partial charge >= 0.3 is 0 Å². The van der Waals surface area contributed by atoms with E-state index in [9.17, 15) is 4.79 Å². The molecule has 0 saturated carbocycles. The summed E-state index contributed by atoms with van der Waals surface area (Å²) in [5, 5.41) is 0. The number of aromatic nitrogens is 2. The first-order valence-electron chi connectivity index (χ1n) is 6.55. The maximum absolute atomic E-state index is 11.8. The van der Waals surface area contributed by atoms with E-state index >= 15 is 0 Å². The molecule has 1 fully saturated rings. The lowest BCUT2D eigenvalue weighted by molar-refractivity contribution is -0.117. The third kappa shape index (κ3) is 2.22. The van der Waals surface area contributed by atoms with Crippen molar-refractivity contribution in [2.45, 2.75) is 12.8 Å². The monoisotopic (exact) mass is 269 g/mol. The standard InChI is InChI=1S/C15H15N3O2/c1-20-15-12(11-6-8-16-9-7-11)4-5-13(17-15)18-10-2-3-14(18)19/h4-9H,2-3,10H2,1H3. The summed E-state index contributed by atoms with van der Waals surface area (Å²) >= 11 is 0. The Bertz CT molecular complexity index is 628. The van der Waals surface area contributed by atoms with Crippen LogP contribution in [-0.2, 0) is 4.79 Å². The SMILES string of the molecule is COc1nc(N2CCCC2=O)ccc1-c1ccncc1. The van der Waals surface area contributed by atoms with Gasteiger partial charge in [0, 0.05) is 30.9 Å². The summed E-state index contributed by atoms with van der Waals surface area (Å²) in [5.41, 5.74) is 1.88. The van der Waals surface area contributed by atoms with Crippen molar-refractivity contribution in [3.05, 3.63) is 36.7 Å². The molecule has 0 aromatic carbocycles. The first-order valence-corrected chi connectivity index (χ1v) is 6.55. The van der Waals surface area contributed by atoms with Crippen LogP contribution in [0.15, 0.2) is 36.7 Å². The molecule has 0 aliphatic carbocycles. The average molecular weight is 269 g/mol. The van der Waals surface area contributed by atoms with Crippen molar-refractivity contribution in [2.24, 2.45) is 0 Å². The number of hydrogen-bond donors (Lipinski definition) is 0. The second-order valence-electron chi connectivity index (χ2n) is 4.61. The number of methoxy groups -OCH3 is 1. The van der Waals surface area contributed by atoms with Crippen LogP contribution in [0.2, 0.25) is 0 Å². The zero-order valence-corrected chi connectivity index (χ0v) is 11.2. The van der Waals surface area contributed by atoms with Crippen molar-refractivity contribution in [3.63, 3.8) is 0 Å². The largest absolute Gasteiger partial charge is 0.480 e. The fourth-order valence-electron chi connectivity index (χ4n) is 2.38. The van der Waals surface area contributed by atoms with Crippen molar-refractivity contribution in [3.8, 4) is 17.0 Å². The quantitative estimate of drug-likeness (QED) is 0.857. The number of hydrogen-bond acceptors (Lipinski definition) is 4. The highest BCUT2D eigenvalue weighted by atomic mass is 16.5. The third-order valence-electron chi connectivity index (χ3n) is 3.38. The Hall–Kier alpha value is -2.43. The number of amides is 1. The summed E-state index contributed by atoms with van der Waals surface area (Å²) in [6, 6.07) is 7.60. The zero-order chi connectivity index (χ0) is 13.9. The summed E-state index contributed by atoms with van der Waals surface area (Å²) in [5.74, 6) is 1.30. The van der Waals surface area contributed by atoms with E-state index in [-0.39, 0.29) is 5.91 Å². The summed E-state index contributed by atoms with van der Waals surface area (Å²) in [6.07, 6.45) is 4.93. The van der Waals surface area contributed by atoms with Crippen LogP contribution in [0.5, 0.6) is 5.88 Å². The van der Waals surface area contributed by atoms with Crippen molar-refractivity contribution >= 4 is 11.7 Å². The average Bonchev–Trinajstić information content (AvgIpc) is 2.93. The van der Waals surface area contributed by atoms with E-state index in [1.165, 1.54) is 0 Å². The molecule has 20 heavy (non-hydrogen) atoms. The Morgan fingerprint density at radius 2 is 2.00 bits per heavy atom. The lowest BCUT2D eigenvalue weighted by Crippen LogP contribution is -2.24. The second-order valence-corrected chi connectivity index (χ2v) is 4.61. The second kappa shape index (κ2) is 5.28. The van der Waals surface area contributed by atoms with E-state index in [4.69, 9.17) is 4.74 Å². The number of rotatable bonds is 3. The smallest absolute Gasteiger partial charge is 0.228 e. The van der Waals surface area contributed by atoms with Gasteiger partial charge in [-0.1, -0.05) is 0 Å². The Morgan fingerprint density at radius 1 is 1.20 bits per heavy atom. The van der Waals surface area contributed by atoms with Gasteiger partial charge in [-0.25, -0.2) is 0 Å². The molecule has 0 spiro atoms. The molecule has 1 saturated heterocycles. The van der Waals surface area contributed by atoms with E-state index in [2.05, 4.69) is 9.97 Å². The predicted octanol–water partition coefficient (Wildman–Crippen LogP) is 2.28. The molecule has 3 rings (SSSR count). The molecule has 2 aromatic heterocycles. The van der Waals surface area contributed by atoms with Crippen molar-refractivity contribution in [1.29, 1.82) is 0 Å². The molecular formula is C15H15N3O2. The fourth-order valence-corrected chi connectivity index (χ4v) is 2.38. The van der Waals surface area contributed by atoms with Gasteiger partial charge in [-0.2, -0.15) is 4.98 Å². The first kappa shape index (κ1) is 12.6. The number of carbonyl (C=O) groups excluding carboxylic acids is 1. The van der Waals surface area contributed by atoms with Gasteiger partial charge in [-0.3, -0.25) is 14.7 Å². The van der Waals surface area contributed by atoms with Crippen LogP contribution in [0.4, 0.5) is 5.82 Å². The van der Waals surface area contributed by atoms with Gasteiger partial charge in [0.2, 0.25) is 11.8 Å². The van der Waals surface area contributed by atoms with Gasteiger partial charge < -0.3 is 4.74 Å². The van der Waals surface area contributed by atoms with Gasteiger partial charge in [0.15, 0.2) is 0 Å². The highest BCUT2D eigenvalue weighted by Gasteiger charge is 2.23. The highest BCUT2D eigenvalue weighted by Crippen LogP contribution is 2.31. The molecule has 5 nitrogen and oxygen atoms in total. The van der Waals surface area contributed by atoms with Gasteiger partial charge in [0.05, 0.1) is 7.11 Å². The van der Waals surface area contributed by atoms with Crippen LogP contribution in [-0.4, -0.2) is 29.5 Å². The minimum Gasteiger partial charge on any atom is -0.480 e. The molecule has 1 aliphatic rings. The molecule has 0 bridgehead atoms. The molecule has 0 unspecified atom stereocenters. The van der Waals surface area contributed by atoms with Gasteiger partial charge in [0.25, 0.3) is 0 Å². The Kier molecular flexibility index (Phi) is 3.33. The van der Waals surface area contributed by atoms with E-state index in [0.717, 1.165) is 24.1 Å². The Morgan fingerprint density at radius 3 is 2.65 bits per heavy atom. The van der Waals surface area contributed by atoms with Gasteiger partial charge in [0.1, 0.15) is 5.82 Å². The number of nitrogens with zero attached hydrogens (tertiary/aromatic N) is 3. The normalized spacial score (nSPS) is 14.7. The van der Waals surface area contributed by atoms with Crippen LogP contribution in [0.3, 0.4) is 0 Å². The Labute approximate surface area is 117 Å².